The Bertz CT molecular complexity index is 774. The van der Waals surface area contributed by atoms with Gasteiger partial charge in [-0.2, -0.15) is 0 Å². The van der Waals surface area contributed by atoms with Crippen molar-refractivity contribution in [1.82, 2.24) is 0 Å². The van der Waals surface area contributed by atoms with Gasteiger partial charge in [-0.15, -0.1) is 0 Å². The molecule has 5 nitrogen and oxygen atoms in total. The third kappa shape index (κ3) is 6.05. The highest BCUT2D eigenvalue weighted by atomic mass is 16.7. The van der Waals surface area contributed by atoms with Crippen LogP contribution in [-0.2, 0) is 27.3 Å². The Kier molecular flexibility index (Phi) is 7.29. The lowest BCUT2D eigenvalue weighted by Gasteiger charge is -2.39. The molecule has 1 fully saturated rings. The van der Waals surface area contributed by atoms with Gasteiger partial charge in [0.15, 0.2) is 0 Å². The number of hydrogen-bond donors (Lipinski definition) is 1. The zero-order chi connectivity index (χ0) is 20.7. The molecule has 1 aliphatic rings. The summed E-state index contributed by atoms with van der Waals surface area (Å²) >= 11 is 0. The van der Waals surface area contributed by atoms with Crippen LogP contribution < -0.4 is 4.74 Å². The monoisotopic (exact) mass is 398 g/mol. The average Bonchev–Trinajstić information content (AvgIpc) is 2.72. The molecule has 0 bridgehead atoms. The first-order valence-corrected chi connectivity index (χ1v) is 10.3. The summed E-state index contributed by atoms with van der Waals surface area (Å²) in [6.07, 6.45) is 3.98. The summed E-state index contributed by atoms with van der Waals surface area (Å²) in [7, 11) is 0. The largest absolute Gasteiger partial charge is 0.489 e. The van der Waals surface area contributed by atoms with Crippen molar-refractivity contribution in [3.63, 3.8) is 0 Å². The van der Waals surface area contributed by atoms with Gasteiger partial charge in [0.2, 0.25) is 0 Å². The second-order valence-corrected chi connectivity index (χ2v) is 7.81. The maximum absolute atomic E-state index is 11.2. The highest BCUT2D eigenvalue weighted by molar-refractivity contribution is 5.75. The summed E-state index contributed by atoms with van der Waals surface area (Å²) < 4.78 is 16.9. The summed E-state index contributed by atoms with van der Waals surface area (Å²) in [5.41, 5.74) is 2.45. The van der Waals surface area contributed by atoms with Crippen molar-refractivity contribution < 1.29 is 24.1 Å². The Morgan fingerprint density at radius 1 is 1.10 bits per heavy atom. The summed E-state index contributed by atoms with van der Waals surface area (Å²) in [6, 6.07) is 18.4. The first kappa shape index (κ1) is 21.3. The smallest absolute Gasteiger partial charge is 0.364 e. The van der Waals surface area contributed by atoms with Crippen LogP contribution in [0.5, 0.6) is 5.75 Å². The van der Waals surface area contributed by atoms with Crippen molar-refractivity contribution in [2.24, 2.45) is 5.92 Å². The highest BCUT2D eigenvalue weighted by Crippen LogP contribution is 2.29. The Balaban J connectivity index is 1.36. The van der Waals surface area contributed by atoms with E-state index in [9.17, 15) is 9.90 Å². The maximum atomic E-state index is 11.2. The van der Waals surface area contributed by atoms with Gasteiger partial charge in [0, 0.05) is 12.8 Å². The van der Waals surface area contributed by atoms with Gasteiger partial charge in [0.25, 0.3) is 5.79 Å². The van der Waals surface area contributed by atoms with E-state index in [1.807, 2.05) is 37.3 Å². The van der Waals surface area contributed by atoms with Crippen LogP contribution in [0.15, 0.2) is 54.6 Å². The Morgan fingerprint density at radius 3 is 2.48 bits per heavy atom. The van der Waals surface area contributed by atoms with Crippen LogP contribution in [0.2, 0.25) is 0 Å². The number of hydrogen-bond acceptors (Lipinski definition) is 4. The third-order valence-electron chi connectivity index (χ3n) is 5.50. The average molecular weight is 398 g/mol. The van der Waals surface area contributed by atoms with Crippen LogP contribution in [0.4, 0.5) is 0 Å². The predicted octanol–water partition coefficient (Wildman–Crippen LogP) is 4.83. The lowest BCUT2D eigenvalue weighted by atomic mass is 9.94. The molecule has 0 amide bonds. The number of benzene rings is 2. The van der Waals surface area contributed by atoms with Gasteiger partial charge < -0.3 is 19.3 Å². The molecular formula is C24H30O5. The molecule has 2 aromatic carbocycles. The molecule has 0 spiro atoms. The number of aliphatic carboxylic acids is 1. The quantitative estimate of drug-likeness (QED) is 0.613. The van der Waals surface area contributed by atoms with Crippen molar-refractivity contribution >= 4 is 5.97 Å². The molecule has 1 heterocycles. The van der Waals surface area contributed by atoms with E-state index in [2.05, 4.69) is 24.3 Å². The van der Waals surface area contributed by atoms with Gasteiger partial charge in [-0.3, -0.25) is 0 Å². The highest BCUT2D eigenvalue weighted by Gasteiger charge is 2.43. The summed E-state index contributed by atoms with van der Waals surface area (Å²) in [6.45, 7) is 4.40. The van der Waals surface area contributed by atoms with E-state index in [0.717, 1.165) is 37.0 Å². The standard InChI is InChI=1S/C24H30O5/c1-18-21(17-28-24(2,29-18)23(25)26)11-7-6-8-19-12-14-22(15-13-19)27-16-20-9-4-3-5-10-20/h3-5,9-10,12-15,18,21H,6-8,11,16-17H2,1-2H3,(H,25,26). The van der Waals surface area contributed by atoms with Crippen molar-refractivity contribution in [1.29, 1.82) is 0 Å². The zero-order valence-corrected chi connectivity index (χ0v) is 17.2. The van der Waals surface area contributed by atoms with E-state index in [-0.39, 0.29) is 12.0 Å². The van der Waals surface area contributed by atoms with Crippen LogP contribution >= 0.6 is 0 Å². The maximum Gasteiger partial charge on any atom is 0.364 e. The first-order valence-electron chi connectivity index (χ1n) is 10.3. The molecule has 1 aliphatic heterocycles. The lowest BCUT2D eigenvalue weighted by molar-refractivity contribution is -0.292. The van der Waals surface area contributed by atoms with Crippen molar-refractivity contribution in [3.05, 3.63) is 65.7 Å². The first-order chi connectivity index (χ1) is 14.0. The fourth-order valence-electron chi connectivity index (χ4n) is 3.55. The molecule has 29 heavy (non-hydrogen) atoms. The molecule has 3 rings (SSSR count). The van der Waals surface area contributed by atoms with Crippen LogP contribution in [0.25, 0.3) is 0 Å². The second-order valence-electron chi connectivity index (χ2n) is 7.81. The van der Waals surface area contributed by atoms with Crippen LogP contribution in [0.3, 0.4) is 0 Å². The molecule has 0 radical (unpaired) electrons. The van der Waals surface area contributed by atoms with Crippen LogP contribution in [0.1, 0.15) is 44.2 Å². The van der Waals surface area contributed by atoms with Crippen molar-refractivity contribution in [2.45, 2.75) is 58.0 Å². The normalized spacial score (nSPS) is 24.2. The number of unbranched alkanes of at least 4 members (excludes halogenated alkanes) is 1. The van der Waals surface area contributed by atoms with Gasteiger partial charge in [-0.05, 0) is 49.4 Å². The molecular weight excluding hydrogens is 368 g/mol. The van der Waals surface area contributed by atoms with Gasteiger partial charge in [-0.25, -0.2) is 4.79 Å². The molecule has 5 heteroatoms. The summed E-state index contributed by atoms with van der Waals surface area (Å²) in [4.78, 5) is 11.2. The molecule has 2 aromatic rings. The number of carboxylic acids is 1. The number of aryl methyl sites for hydroxylation is 1. The van der Waals surface area contributed by atoms with E-state index < -0.39 is 11.8 Å². The van der Waals surface area contributed by atoms with E-state index in [1.54, 1.807) is 0 Å². The lowest BCUT2D eigenvalue weighted by Crippen LogP contribution is -2.51. The fourth-order valence-corrected chi connectivity index (χ4v) is 3.55. The zero-order valence-electron chi connectivity index (χ0n) is 17.2. The topological polar surface area (TPSA) is 65.0 Å². The number of carboxylic acid groups (broad SMARTS) is 1. The number of ether oxygens (including phenoxy) is 3. The molecule has 3 atom stereocenters. The molecule has 1 N–H and O–H groups in total. The van der Waals surface area contributed by atoms with Gasteiger partial charge >= 0.3 is 5.97 Å². The number of carbonyl (C=O) groups is 1. The van der Waals surface area contributed by atoms with Gasteiger partial charge in [0.1, 0.15) is 12.4 Å². The van der Waals surface area contributed by atoms with E-state index in [0.29, 0.717) is 13.2 Å². The van der Waals surface area contributed by atoms with Crippen LogP contribution in [-0.4, -0.2) is 29.6 Å². The number of rotatable bonds is 9. The van der Waals surface area contributed by atoms with Crippen molar-refractivity contribution in [2.75, 3.05) is 6.61 Å². The molecule has 1 saturated heterocycles. The van der Waals surface area contributed by atoms with Gasteiger partial charge in [0.05, 0.1) is 12.7 Å². The summed E-state index contributed by atoms with van der Waals surface area (Å²) in [5.74, 6) is -1.47. The Labute approximate surface area is 172 Å². The minimum absolute atomic E-state index is 0.120. The van der Waals surface area contributed by atoms with E-state index in [1.165, 1.54) is 12.5 Å². The van der Waals surface area contributed by atoms with Crippen LogP contribution in [0, 0.1) is 5.92 Å². The Hall–Kier alpha value is -2.37. The molecule has 0 aliphatic carbocycles. The molecule has 3 unspecified atom stereocenters. The molecule has 0 aromatic heterocycles. The predicted molar refractivity (Wildman–Crippen MR) is 111 cm³/mol. The fraction of sp³-hybridized carbons (Fsp3) is 0.458. The minimum atomic E-state index is -1.51. The SMILES string of the molecule is CC1OC(C)(C(=O)O)OCC1CCCCc1ccc(OCc2ccccc2)cc1. The minimum Gasteiger partial charge on any atom is -0.489 e. The van der Waals surface area contributed by atoms with E-state index >= 15 is 0 Å². The Morgan fingerprint density at radius 2 is 1.83 bits per heavy atom. The third-order valence-corrected chi connectivity index (χ3v) is 5.50. The summed E-state index contributed by atoms with van der Waals surface area (Å²) in [5, 5.41) is 9.19. The van der Waals surface area contributed by atoms with E-state index in [4.69, 9.17) is 14.2 Å². The molecule has 156 valence electrons. The molecule has 0 saturated carbocycles. The van der Waals surface area contributed by atoms with Gasteiger partial charge in [-0.1, -0.05) is 48.9 Å². The second kappa shape index (κ2) is 9.90. The van der Waals surface area contributed by atoms with Crippen molar-refractivity contribution in [3.8, 4) is 5.75 Å².